The molecule has 18 heavy (non-hydrogen) atoms. The predicted octanol–water partition coefficient (Wildman–Crippen LogP) is 0.251. The summed E-state index contributed by atoms with van der Waals surface area (Å²) in [5.74, 6) is 0.112. The van der Waals surface area contributed by atoms with Gasteiger partial charge in [-0.1, -0.05) is 0 Å². The Morgan fingerprint density at radius 1 is 1.67 bits per heavy atom. The summed E-state index contributed by atoms with van der Waals surface area (Å²) in [4.78, 5) is 18.1. The van der Waals surface area contributed by atoms with Gasteiger partial charge in [-0.25, -0.2) is 0 Å². The van der Waals surface area contributed by atoms with E-state index in [2.05, 4.69) is 15.2 Å². The van der Waals surface area contributed by atoms with Crippen LogP contribution in [0.4, 0.5) is 0 Å². The molecule has 5 nitrogen and oxygen atoms in total. The van der Waals surface area contributed by atoms with E-state index in [-0.39, 0.29) is 11.9 Å². The highest BCUT2D eigenvalue weighted by Crippen LogP contribution is 2.20. The van der Waals surface area contributed by atoms with E-state index in [4.69, 9.17) is 5.73 Å². The van der Waals surface area contributed by atoms with Crippen LogP contribution >= 0.6 is 0 Å². The predicted molar refractivity (Wildman–Crippen MR) is 69.6 cm³/mol. The lowest BCUT2D eigenvalue weighted by Gasteiger charge is -2.23. The Morgan fingerprint density at radius 2 is 2.50 bits per heavy atom. The molecule has 1 aliphatic rings. The molecule has 3 N–H and O–H groups in total. The standard InChI is InChI=1S/C13H20N4O/c1-15-13(18)12-3-2-6-17(12)9-10-4-5-16-11(7-10)8-14/h4-5,7,12H,2-3,6,8-9,14H2,1H3,(H,15,18). The second-order valence-corrected chi connectivity index (χ2v) is 4.60. The van der Waals surface area contributed by atoms with Gasteiger partial charge in [0.05, 0.1) is 11.7 Å². The van der Waals surface area contributed by atoms with Gasteiger partial charge in [0.15, 0.2) is 0 Å². The van der Waals surface area contributed by atoms with Crippen molar-refractivity contribution < 1.29 is 4.79 Å². The molecule has 1 fully saturated rings. The van der Waals surface area contributed by atoms with Gasteiger partial charge in [-0.15, -0.1) is 0 Å². The fourth-order valence-corrected chi connectivity index (χ4v) is 2.45. The number of likely N-dealkylation sites (N-methyl/N-ethyl adjacent to an activating group) is 1. The average molecular weight is 248 g/mol. The summed E-state index contributed by atoms with van der Waals surface area (Å²) in [6.45, 7) is 2.21. The van der Waals surface area contributed by atoms with Crippen LogP contribution in [0.5, 0.6) is 0 Å². The number of hydrogen-bond acceptors (Lipinski definition) is 4. The van der Waals surface area contributed by atoms with Crippen LogP contribution in [0.25, 0.3) is 0 Å². The molecule has 0 radical (unpaired) electrons. The Labute approximate surface area is 107 Å². The Morgan fingerprint density at radius 3 is 3.22 bits per heavy atom. The second kappa shape index (κ2) is 5.93. The summed E-state index contributed by atoms with van der Waals surface area (Å²) in [5, 5.41) is 2.73. The van der Waals surface area contributed by atoms with Crippen molar-refractivity contribution in [1.82, 2.24) is 15.2 Å². The van der Waals surface area contributed by atoms with Crippen LogP contribution in [-0.4, -0.2) is 35.4 Å². The summed E-state index contributed by atoms with van der Waals surface area (Å²) >= 11 is 0. The molecule has 1 aliphatic heterocycles. The number of nitrogens with two attached hydrogens (primary N) is 1. The number of nitrogens with zero attached hydrogens (tertiary/aromatic N) is 2. The molecule has 2 heterocycles. The highest BCUT2D eigenvalue weighted by Gasteiger charge is 2.29. The maximum atomic E-state index is 11.8. The first-order valence-corrected chi connectivity index (χ1v) is 6.34. The van der Waals surface area contributed by atoms with Gasteiger partial charge in [0.2, 0.25) is 5.91 Å². The monoisotopic (exact) mass is 248 g/mol. The van der Waals surface area contributed by atoms with Gasteiger partial charge in [-0.05, 0) is 37.1 Å². The zero-order chi connectivity index (χ0) is 13.0. The molecule has 5 heteroatoms. The lowest BCUT2D eigenvalue weighted by Crippen LogP contribution is -2.41. The minimum Gasteiger partial charge on any atom is -0.358 e. The van der Waals surface area contributed by atoms with E-state index in [1.807, 2.05) is 12.1 Å². The fourth-order valence-electron chi connectivity index (χ4n) is 2.45. The molecule has 1 aromatic rings. The topological polar surface area (TPSA) is 71.2 Å². The van der Waals surface area contributed by atoms with Crippen LogP contribution in [0.15, 0.2) is 18.3 Å². The normalized spacial score (nSPS) is 20.0. The van der Waals surface area contributed by atoms with E-state index in [0.717, 1.165) is 31.6 Å². The van der Waals surface area contributed by atoms with Crippen LogP contribution in [0, 0.1) is 0 Å². The molecule has 0 bridgehead atoms. The SMILES string of the molecule is CNC(=O)C1CCCN1Cc1ccnc(CN)c1. The van der Waals surface area contributed by atoms with E-state index in [0.29, 0.717) is 6.54 Å². The minimum atomic E-state index is 0.00416. The average Bonchev–Trinajstić information content (AvgIpc) is 2.86. The number of likely N-dealkylation sites (tertiary alicyclic amines) is 1. The summed E-state index contributed by atoms with van der Waals surface area (Å²) in [5.41, 5.74) is 7.64. The lowest BCUT2D eigenvalue weighted by atomic mass is 10.1. The van der Waals surface area contributed by atoms with Crippen LogP contribution in [0.1, 0.15) is 24.1 Å². The van der Waals surface area contributed by atoms with Crippen LogP contribution in [0.3, 0.4) is 0 Å². The summed E-state index contributed by atoms with van der Waals surface area (Å²) in [6.07, 6.45) is 3.80. The number of amides is 1. The number of pyridine rings is 1. The van der Waals surface area contributed by atoms with Gasteiger partial charge in [0.1, 0.15) is 0 Å². The van der Waals surface area contributed by atoms with Crippen LogP contribution < -0.4 is 11.1 Å². The van der Waals surface area contributed by atoms with Gasteiger partial charge in [0, 0.05) is 26.3 Å². The Bertz CT molecular complexity index is 421. The molecule has 1 amide bonds. The van der Waals surface area contributed by atoms with E-state index >= 15 is 0 Å². The van der Waals surface area contributed by atoms with Crippen molar-refractivity contribution in [3.05, 3.63) is 29.6 Å². The number of carbonyl (C=O) groups is 1. The highest BCUT2D eigenvalue weighted by molar-refractivity contribution is 5.81. The van der Waals surface area contributed by atoms with Gasteiger partial charge in [0.25, 0.3) is 0 Å². The lowest BCUT2D eigenvalue weighted by molar-refractivity contribution is -0.125. The van der Waals surface area contributed by atoms with Crippen molar-refractivity contribution in [2.45, 2.75) is 32.0 Å². The summed E-state index contributed by atoms with van der Waals surface area (Å²) in [6, 6.07) is 4.00. The summed E-state index contributed by atoms with van der Waals surface area (Å²) < 4.78 is 0. The third-order valence-electron chi connectivity index (χ3n) is 3.39. The maximum absolute atomic E-state index is 11.8. The van der Waals surface area contributed by atoms with Crippen LogP contribution in [-0.2, 0) is 17.9 Å². The van der Waals surface area contributed by atoms with Crippen molar-refractivity contribution in [3.8, 4) is 0 Å². The molecular weight excluding hydrogens is 228 g/mol. The molecule has 0 aliphatic carbocycles. The number of aromatic nitrogens is 1. The Hall–Kier alpha value is -1.46. The maximum Gasteiger partial charge on any atom is 0.237 e. The van der Waals surface area contributed by atoms with Crippen molar-refractivity contribution >= 4 is 5.91 Å². The molecular formula is C13H20N4O. The third-order valence-corrected chi connectivity index (χ3v) is 3.39. The van der Waals surface area contributed by atoms with Gasteiger partial charge in [-0.3, -0.25) is 14.7 Å². The van der Waals surface area contributed by atoms with Crippen molar-refractivity contribution in [2.75, 3.05) is 13.6 Å². The molecule has 1 saturated heterocycles. The molecule has 1 atom stereocenters. The Kier molecular flexibility index (Phi) is 4.28. The number of nitrogens with one attached hydrogen (secondary N) is 1. The van der Waals surface area contributed by atoms with Crippen molar-refractivity contribution in [3.63, 3.8) is 0 Å². The molecule has 1 aromatic heterocycles. The zero-order valence-corrected chi connectivity index (χ0v) is 10.7. The Balaban J connectivity index is 2.05. The quantitative estimate of drug-likeness (QED) is 0.801. The van der Waals surface area contributed by atoms with E-state index in [9.17, 15) is 4.79 Å². The van der Waals surface area contributed by atoms with Gasteiger partial charge in [-0.2, -0.15) is 0 Å². The van der Waals surface area contributed by atoms with Gasteiger partial charge >= 0.3 is 0 Å². The van der Waals surface area contributed by atoms with Crippen LogP contribution in [0.2, 0.25) is 0 Å². The molecule has 0 aromatic carbocycles. The minimum absolute atomic E-state index is 0.00416. The summed E-state index contributed by atoms with van der Waals surface area (Å²) in [7, 11) is 1.69. The first-order valence-electron chi connectivity index (χ1n) is 6.34. The highest BCUT2D eigenvalue weighted by atomic mass is 16.2. The fraction of sp³-hybridized carbons (Fsp3) is 0.538. The molecule has 0 saturated carbocycles. The first-order chi connectivity index (χ1) is 8.74. The van der Waals surface area contributed by atoms with Gasteiger partial charge < -0.3 is 11.1 Å². The largest absolute Gasteiger partial charge is 0.358 e. The first kappa shape index (κ1) is 13.0. The van der Waals surface area contributed by atoms with Crippen molar-refractivity contribution in [2.24, 2.45) is 5.73 Å². The number of hydrogen-bond donors (Lipinski definition) is 2. The number of carbonyl (C=O) groups excluding carboxylic acids is 1. The molecule has 0 spiro atoms. The molecule has 2 rings (SSSR count). The zero-order valence-electron chi connectivity index (χ0n) is 10.7. The van der Waals surface area contributed by atoms with E-state index in [1.165, 1.54) is 5.56 Å². The smallest absolute Gasteiger partial charge is 0.237 e. The van der Waals surface area contributed by atoms with E-state index in [1.54, 1.807) is 13.2 Å². The van der Waals surface area contributed by atoms with Crippen molar-refractivity contribution in [1.29, 1.82) is 0 Å². The molecule has 98 valence electrons. The number of rotatable bonds is 4. The third kappa shape index (κ3) is 2.86. The second-order valence-electron chi connectivity index (χ2n) is 4.60. The molecule has 1 unspecified atom stereocenters. The van der Waals surface area contributed by atoms with E-state index < -0.39 is 0 Å².